The molecule has 0 N–H and O–H groups in total. The third-order valence-electron chi connectivity index (χ3n) is 5.15. The van der Waals surface area contributed by atoms with Crippen molar-refractivity contribution >= 4 is 11.7 Å². The minimum absolute atomic E-state index is 0.198. The average Bonchev–Trinajstić information content (AvgIpc) is 2.97. The maximum Gasteiger partial charge on any atom is 0.230 e. The van der Waals surface area contributed by atoms with Gasteiger partial charge in [0.25, 0.3) is 0 Å². The summed E-state index contributed by atoms with van der Waals surface area (Å²) in [5.41, 5.74) is 0.830. The Kier molecular flexibility index (Phi) is 4.85. The smallest absolute Gasteiger partial charge is 0.230 e. The van der Waals surface area contributed by atoms with Gasteiger partial charge in [-0.1, -0.05) is 6.07 Å². The zero-order chi connectivity index (χ0) is 16.3. The Labute approximate surface area is 138 Å². The first-order valence-corrected chi connectivity index (χ1v) is 8.62. The first-order chi connectivity index (χ1) is 11.1. The number of likely N-dealkylation sites (tertiary alicyclic amines) is 1. The van der Waals surface area contributed by atoms with Gasteiger partial charge in [-0.05, 0) is 44.7 Å². The summed E-state index contributed by atoms with van der Waals surface area (Å²) in [6.07, 6.45) is 3.98. The Morgan fingerprint density at radius 3 is 2.96 bits per heavy atom. The quantitative estimate of drug-likeness (QED) is 0.782. The molecule has 126 valence electrons. The summed E-state index contributed by atoms with van der Waals surface area (Å²) in [7, 11) is 1.71. The number of carbonyl (C=O) groups excluding carboxylic acids is 1. The number of ether oxygens (including phenoxy) is 1. The van der Waals surface area contributed by atoms with Crippen LogP contribution in [0.2, 0.25) is 0 Å². The highest BCUT2D eigenvalue weighted by Gasteiger charge is 2.48. The van der Waals surface area contributed by atoms with Crippen LogP contribution in [0.15, 0.2) is 18.2 Å². The highest BCUT2D eigenvalue weighted by molar-refractivity contribution is 5.85. The Bertz CT molecular complexity index is 563. The van der Waals surface area contributed by atoms with Crippen LogP contribution in [0.4, 0.5) is 5.82 Å². The largest absolute Gasteiger partial charge is 0.385 e. The van der Waals surface area contributed by atoms with Crippen molar-refractivity contribution in [2.75, 3.05) is 44.8 Å². The normalized spacial score (nSPS) is 24.7. The number of methoxy groups -OCH3 is 1. The van der Waals surface area contributed by atoms with Gasteiger partial charge < -0.3 is 14.5 Å². The number of aryl methyl sites for hydroxylation is 1. The van der Waals surface area contributed by atoms with Gasteiger partial charge in [-0.25, -0.2) is 4.98 Å². The van der Waals surface area contributed by atoms with Crippen LogP contribution in [0.3, 0.4) is 0 Å². The number of aromatic nitrogens is 1. The van der Waals surface area contributed by atoms with Gasteiger partial charge in [0.2, 0.25) is 5.91 Å². The van der Waals surface area contributed by atoms with Crippen LogP contribution in [-0.2, 0) is 9.53 Å². The third-order valence-corrected chi connectivity index (χ3v) is 5.15. The first kappa shape index (κ1) is 16.2. The number of carbonyl (C=O) groups is 1. The maximum atomic E-state index is 13.0. The van der Waals surface area contributed by atoms with Crippen molar-refractivity contribution in [3.8, 4) is 0 Å². The van der Waals surface area contributed by atoms with Crippen LogP contribution in [-0.4, -0.2) is 55.7 Å². The molecule has 5 nitrogen and oxygen atoms in total. The predicted octanol–water partition coefficient (Wildman–Crippen LogP) is 2.25. The molecule has 5 heteroatoms. The van der Waals surface area contributed by atoms with E-state index in [9.17, 15) is 4.79 Å². The van der Waals surface area contributed by atoms with Gasteiger partial charge in [-0.15, -0.1) is 0 Å². The van der Waals surface area contributed by atoms with E-state index in [2.05, 4.69) is 20.9 Å². The van der Waals surface area contributed by atoms with Crippen molar-refractivity contribution in [2.45, 2.75) is 32.6 Å². The van der Waals surface area contributed by atoms with Crippen molar-refractivity contribution in [1.82, 2.24) is 9.88 Å². The van der Waals surface area contributed by atoms with Gasteiger partial charge in [-0.3, -0.25) is 4.79 Å². The fourth-order valence-corrected chi connectivity index (χ4v) is 3.92. The molecule has 0 radical (unpaired) electrons. The number of nitrogens with zero attached hydrogens (tertiary/aromatic N) is 3. The number of piperidine rings is 1. The standard InChI is InChI=1S/C18H27N3O2/c1-15-6-3-7-16(19-15)21-12-9-18(14-21)8-4-10-20(17(18)22)11-5-13-23-2/h3,6-7H,4-5,8-14H2,1-2H3. The van der Waals surface area contributed by atoms with Crippen molar-refractivity contribution in [3.05, 3.63) is 23.9 Å². The molecular formula is C18H27N3O2. The van der Waals surface area contributed by atoms with Crippen LogP contribution >= 0.6 is 0 Å². The molecule has 0 aliphatic carbocycles. The Balaban J connectivity index is 1.68. The lowest BCUT2D eigenvalue weighted by Gasteiger charge is -2.39. The third kappa shape index (κ3) is 3.34. The lowest BCUT2D eigenvalue weighted by molar-refractivity contribution is -0.145. The van der Waals surface area contributed by atoms with Gasteiger partial charge in [-0.2, -0.15) is 0 Å². The highest BCUT2D eigenvalue weighted by Crippen LogP contribution is 2.41. The molecule has 23 heavy (non-hydrogen) atoms. The fourth-order valence-electron chi connectivity index (χ4n) is 3.92. The van der Waals surface area contributed by atoms with E-state index in [0.29, 0.717) is 5.91 Å². The van der Waals surface area contributed by atoms with E-state index in [4.69, 9.17) is 4.74 Å². The molecule has 0 saturated carbocycles. The minimum atomic E-state index is -0.198. The van der Waals surface area contributed by atoms with Gasteiger partial charge in [0.1, 0.15) is 5.82 Å². The lowest BCUT2D eigenvalue weighted by Crippen LogP contribution is -2.50. The fraction of sp³-hybridized carbons (Fsp3) is 0.667. The molecular weight excluding hydrogens is 290 g/mol. The van der Waals surface area contributed by atoms with Crippen LogP contribution in [0.5, 0.6) is 0 Å². The molecule has 2 fully saturated rings. The summed E-state index contributed by atoms with van der Waals surface area (Å²) in [6.45, 7) is 6.18. The van der Waals surface area contributed by atoms with Crippen LogP contribution in [0.25, 0.3) is 0 Å². The molecule has 0 bridgehead atoms. The van der Waals surface area contributed by atoms with E-state index < -0.39 is 0 Å². The molecule has 1 unspecified atom stereocenters. The number of hydrogen-bond acceptors (Lipinski definition) is 4. The summed E-state index contributed by atoms with van der Waals surface area (Å²) < 4.78 is 5.12. The topological polar surface area (TPSA) is 45.7 Å². The number of amides is 1. The minimum Gasteiger partial charge on any atom is -0.385 e. The summed E-state index contributed by atoms with van der Waals surface area (Å²) in [5, 5.41) is 0. The van der Waals surface area contributed by atoms with E-state index >= 15 is 0 Å². The van der Waals surface area contributed by atoms with Gasteiger partial charge in [0.15, 0.2) is 0 Å². The second kappa shape index (κ2) is 6.87. The van der Waals surface area contributed by atoms with E-state index in [1.54, 1.807) is 7.11 Å². The maximum absolute atomic E-state index is 13.0. The van der Waals surface area contributed by atoms with Gasteiger partial charge in [0, 0.05) is 45.6 Å². The molecule has 0 aromatic carbocycles. The van der Waals surface area contributed by atoms with E-state index in [1.165, 1.54) is 0 Å². The first-order valence-electron chi connectivity index (χ1n) is 8.62. The number of pyridine rings is 1. The van der Waals surface area contributed by atoms with E-state index in [-0.39, 0.29) is 5.41 Å². The lowest BCUT2D eigenvalue weighted by atomic mass is 9.78. The van der Waals surface area contributed by atoms with Crippen LogP contribution < -0.4 is 4.90 Å². The van der Waals surface area contributed by atoms with Crippen molar-refractivity contribution < 1.29 is 9.53 Å². The Morgan fingerprint density at radius 1 is 1.30 bits per heavy atom. The molecule has 2 aliphatic heterocycles. The zero-order valence-corrected chi connectivity index (χ0v) is 14.3. The molecule has 1 aromatic heterocycles. The molecule has 1 amide bonds. The molecule has 1 atom stereocenters. The van der Waals surface area contributed by atoms with Crippen LogP contribution in [0.1, 0.15) is 31.4 Å². The van der Waals surface area contributed by atoms with E-state index in [0.717, 1.165) is 70.0 Å². The molecule has 1 spiro atoms. The molecule has 3 heterocycles. The monoisotopic (exact) mass is 317 g/mol. The van der Waals surface area contributed by atoms with Gasteiger partial charge >= 0.3 is 0 Å². The van der Waals surface area contributed by atoms with Gasteiger partial charge in [0.05, 0.1) is 5.41 Å². The second-order valence-electron chi connectivity index (χ2n) is 6.83. The van der Waals surface area contributed by atoms with Crippen LogP contribution in [0, 0.1) is 12.3 Å². The summed E-state index contributed by atoms with van der Waals surface area (Å²) in [4.78, 5) is 22.0. The number of rotatable bonds is 5. The zero-order valence-electron chi connectivity index (χ0n) is 14.3. The molecule has 1 aromatic rings. The van der Waals surface area contributed by atoms with Crippen molar-refractivity contribution in [1.29, 1.82) is 0 Å². The predicted molar refractivity (Wildman–Crippen MR) is 90.5 cm³/mol. The average molecular weight is 317 g/mol. The second-order valence-corrected chi connectivity index (χ2v) is 6.83. The van der Waals surface area contributed by atoms with E-state index in [1.807, 2.05) is 19.1 Å². The van der Waals surface area contributed by atoms with Crippen molar-refractivity contribution in [2.24, 2.45) is 5.41 Å². The SMILES string of the molecule is COCCCN1CCCC2(CCN(c3cccc(C)n3)C2)C1=O. The number of anilines is 1. The molecule has 2 saturated heterocycles. The summed E-state index contributed by atoms with van der Waals surface area (Å²) in [5.74, 6) is 1.35. The Morgan fingerprint density at radius 2 is 2.17 bits per heavy atom. The molecule has 2 aliphatic rings. The number of hydrogen-bond donors (Lipinski definition) is 0. The highest BCUT2D eigenvalue weighted by atomic mass is 16.5. The molecule has 3 rings (SSSR count). The summed E-state index contributed by atoms with van der Waals surface area (Å²) >= 11 is 0. The van der Waals surface area contributed by atoms with Crippen molar-refractivity contribution in [3.63, 3.8) is 0 Å². The summed E-state index contributed by atoms with van der Waals surface area (Å²) in [6, 6.07) is 6.11. The Hall–Kier alpha value is -1.62.